The Morgan fingerprint density at radius 1 is 1.44 bits per heavy atom. The number of aromatic carboxylic acids is 1. The molecule has 96 valence electrons. The van der Waals surface area contributed by atoms with Crippen molar-refractivity contribution in [3.8, 4) is 0 Å². The van der Waals surface area contributed by atoms with Crippen molar-refractivity contribution in [3.05, 3.63) is 22.3 Å². The Labute approximate surface area is 110 Å². The summed E-state index contributed by atoms with van der Waals surface area (Å²) in [5.41, 5.74) is 0.686. The summed E-state index contributed by atoms with van der Waals surface area (Å²) in [6, 6.07) is 0. The zero-order chi connectivity index (χ0) is 13.3. The number of aromatic nitrogens is 2. The molecule has 0 aliphatic heterocycles. The maximum absolute atomic E-state index is 12.0. The van der Waals surface area contributed by atoms with E-state index in [2.05, 4.69) is 14.7 Å². The molecule has 0 spiro atoms. The van der Waals surface area contributed by atoms with E-state index < -0.39 is 21.7 Å². The molecule has 2 rings (SSSR count). The lowest BCUT2D eigenvalue weighted by molar-refractivity contribution is 0.0687. The molecule has 2 N–H and O–H groups in total. The minimum atomic E-state index is -3.96. The van der Waals surface area contributed by atoms with E-state index in [1.807, 2.05) is 0 Å². The lowest BCUT2D eigenvalue weighted by Crippen LogP contribution is -2.15. The third-order valence-electron chi connectivity index (χ3n) is 1.82. The van der Waals surface area contributed by atoms with E-state index in [0.717, 1.165) is 27.6 Å². The summed E-state index contributed by atoms with van der Waals surface area (Å²) in [7, 11) is -3.96. The van der Waals surface area contributed by atoms with Crippen LogP contribution in [0.2, 0.25) is 0 Å². The Morgan fingerprint density at radius 2 is 2.17 bits per heavy atom. The number of rotatable bonds is 4. The van der Waals surface area contributed by atoms with Crippen LogP contribution in [0.3, 0.4) is 0 Å². The van der Waals surface area contributed by atoms with Crippen molar-refractivity contribution in [2.24, 2.45) is 0 Å². The molecule has 0 saturated carbocycles. The molecule has 10 heteroatoms. The lowest BCUT2D eigenvalue weighted by Gasteiger charge is -2.02. The first-order valence-corrected chi connectivity index (χ1v) is 7.70. The predicted octanol–water partition coefficient (Wildman–Crippen LogP) is 1.41. The zero-order valence-electron chi connectivity index (χ0n) is 8.95. The van der Waals surface area contributed by atoms with Crippen molar-refractivity contribution in [3.63, 3.8) is 0 Å². The number of thiazole rings is 2. The third kappa shape index (κ3) is 2.49. The minimum Gasteiger partial charge on any atom is -0.476 e. The summed E-state index contributed by atoms with van der Waals surface area (Å²) in [6.45, 7) is 1.78. The van der Waals surface area contributed by atoms with Crippen LogP contribution in [0.25, 0.3) is 0 Å². The van der Waals surface area contributed by atoms with E-state index in [1.54, 1.807) is 6.92 Å². The SMILES string of the molecule is Cc1cnc(NS(=O)(=O)c2scnc2C(=O)O)s1. The summed E-state index contributed by atoms with van der Waals surface area (Å²) in [5.74, 6) is -1.38. The summed E-state index contributed by atoms with van der Waals surface area (Å²) < 4.78 is 25.8. The smallest absolute Gasteiger partial charge is 0.356 e. The molecule has 2 heterocycles. The normalized spacial score (nSPS) is 11.4. The number of hydrogen-bond acceptors (Lipinski definition) is 7. The van der Waals surface area contributed by atoms with Crippen molar-refractivity contribution in [2.45, 2.75) is 11.1 Å². The van der Waals surface area contributed by atoms with Gasteiger partial charge in [-0.25, -0.2) is 23.2 Å². The molecular weight excluding hydrogens is 298 g/mol. The fraction of sp³-hybridized carbons (Fsp3) is 0.125. The second-order valence-electron chi connectivity index (χ2n) is 3.18. The molecule has 0 bridgehead atoms. The van der Waals surface area contributed by atoms with Crippen molar-refractivity contribution in [2.75, 3.05) is 4.72 Å². The van der Waals surface area contributed by atoms with Crippen LogP contribution >= 0.6 is 22.7 Å². The maximum Gasteiger partial charge on any atom is 0.356 e. The van der Waals surface area contributed by atoms with E-state index in [0.29, 0.717) is 0 Å². The van der Waals surface area contributed by atoms with Crippen molar-refractivity contribution < 1.29 is 18.3 Å². The highest BCUT2D eigenvalue weighted by Crippen LogP contribution is 2.25. The molecule has 0 aliphatic rings. The number of aryl methyl sites for hydroxylation is 1. The molecule has 0 atom stereocenters. The number of sulfonamides is 1. The molecule has 2 aromatic rings. The average molecular weight is 305 g/mol. The van der Waals surface area contributed by atoms with Gasteiger partial charge in [0.25, 0.3) is 10.0 Å². The lowest BCUT2D eigenvalue weighted by atomic mass is 10.5. The van der Waals surface area contributed by atoms with Crippen molar-refractivity contribution in [1.29, 1.82) is 0 Å². The van der Waals surface area contributed by atoms with Crippen LogP contribution in [0.1, 0.15) is 15.4 Å². The first kappa shape index (κ1) is 12.9. The van der Waals surface area contributed by atoms with E-state index >= 15 is 0 Å². The van der Waals surface area contributed by atoms with Gasteiger partial charge >= 0.3 is 5.97 Å². The number of hydrogen-bond donors (Lipinski definition) is 2. The van der Waals surface area contributed by atoms with Crippen LogP contribution < -0.4 is 4.72 Å². The van der Waals surface area contributed by atoms with Crippen molar-refractivity contribution >= 4 is 43.8 Å². The Bertz CT molecular complexity index is 688. The first-order chi connectivity index (χ1) is 8.40. The Morgan fingerprint density at radius 3 is 2.72 bits per heavy atom. The largest absolute Gasteiger partial charge is 0.476 e. The molecule has 0 radical (unpaired) electrons. The standard InChI is InChI=1S/C8H7N3O4S3/c1-4-2-9-8(17-4)11-18(14,15)7-5(6(12)13)10-3-16-7/h2-3H,1H3,(H,9,11)(H,12,13). The van der Waals surface area contributed by atoms with Crippen LogP contribution in [-0.4, -0.2) is 29.5 Å². The predicted molar refractivity (Wildman–Crippen MR) is 66.7 cm³/mol. The monoisotopic (exact) mass is 305 g/mol. The highest BCUT2D eigenvalue weighted by molar-refractivity contribution is 7.94. The highest BCUT2D eigenvalue weighted by Gasteiger charge is 2.26. The molecule has 18 heavy (non-hydrogen) atoms. The molecule has 0 unspecified atom stereocenters. The van der Waals surface area contributed by atoms with Gasteiger partial charge in [-0.15, -0.1) is 22.7 Å². The van der Waals surface area contributed by atoms with Gasteiger partial charge in [0, 0.05) is 11.1 Å². The van der Waals surface area contributed by atoms with Gasteiger partial charge in [-0.2, -0.15) is 0 Å². The van der Waals surface area contributed by atoms with Crippen LogP contribution in [0.4, 0.5) is 5.13 Å². The van der Waals surface area contributed by atoms with Gasteiger partial charge in [0.2, 0.25) is 0 Å². The van der Waals surface area contributed by atoms with Crippen molar-refractivity contribution in [1.82, 2.24) is 9.97 Å². The zero-order valence-corrected chi connectivity index (χ0v) is 11.4. The first-order valence-electron chi connectivity index (χ1n) is 4.52. The van der Waals surface area contributed by atoms with Gasteiger partial charge in [0.1, 0.15) is 0 Å². The number of nitrogens with zero attached hydrogens (tertiary/aromatic N) is 2. The molecule has 0 amide bonds. The number of nitrogens with one attached hydrogen (secondary N) is 1. The quantitative estimate of drug-likeness (QED) is 0.883. The molecule has 2 aromatic heterocycles. The fourth-order valence-corrected chi connectivity index (χ4v) is 4.18. The summed E-state index contributed by atoms with van der Waals surface area (Å²) in [4.78, 5) is 19.0. The second-order valence-corrected chi connectivity index (χ2v) is 7.14. The molecule has 0 aromatic carbocycles. The Balaban J connectivity index is 2.37. The Hall–Kier alpha value is -1.52. The van der Waals surface area contributed by atoms with Gasteiger partial charge in [0.15, 0.2) is 15.0 Å². The van der Waals surface area contributed by atoms with Crippen LogP contribution in [0, 0.1) is 6.92 Å². The average Bonchev–Trinajstić information content (AvgIpc) is 2.86. The van der Waals surface area contributed by atoms with Gasteiger partial charge in [-0.3, -0.25) is 4.72 Å². The van der Waals surface area contributed by atoms with Gasteiger partial charge in [-0.05, 0) is 6.92 Å². The topological polar surface area (TPSA) is 109 Å². The number of carboxylic acids is 1. The summed E-state index contributed by atoms with van der Waals surface area (Å²) >= 11 is 1.91. The number of carbonyl (C=O) groups is 1. The minimum absolute atomic E-state index is 0.192. The second kappa shape index (κ2) is 4.63. The molecule has 0 aliphatic carbocycles. The maximum atomic E-state index is 12.0. The Kier molecular flexibility index (Phi) is 3.32. The molecule has 0 saturated heterocycles. The molecular formula is C8H7N3O4S3. The highest BCUT2D eigenvalue weighted by atomic mass is 32.2. The van der Waals surface area contributed by atoms with E-state index in [4.69, 9.17) is 5.11 Å². The van der Waals surface area contributed by atoms with E-state index in [1.165, 1.54) is 11.7 Å². The third-order valence-corrected chi connectivity index (χ3v) is 5.49. The van der Waals surface area contributed by atoms with Crippen LogP contribution in [-0.2, 0) is 10.0 Å². The van der Waals surface area contributed by atoms with Crippen LogP contribution in [0.15, 0.2) is 15.9 Å². The number of carboxylic acid groups (broad SMARTS) is 1. The summed E-state index contributed by atoms with van der Waals surface area (Å²) in [6.07, 6.45) is 1.52. The van der Waals surface area contributed by atoms with Gasteiger partial charge in [0.05, 0.1) is 5.51 Å². The van der Waals surface area contributed by atoms with Gasteiger partial charge in [-0.1, -0.05) is 0 Å². The molecule has 7 nitrogen and oxygen atoms in total. The van der Waals surface area contributed by atoms with E-state index in [9.17, 15) is 13.2 Å². The van der Waals surface area contributed by atoms with Crippen LogP contribution in [0.5, 0.6) is 0 Å². The number of anilines is 1. The molecule has 0 fully saturated rings. The van der Waals surface area contributed by atoms with Gasteiger partial charge < -0.3 is 5.11 Å². The fourth-order valence-electron chi connectivity index (χ4n) is 1.13. The summed E-state index contributed by atoms with van der Waals surface area (Å²) in [5, 5.41) is 9.02. The van der Waals surface area contributed by atoms with E-state index in [-0.39, 0.29) is 9.34 Å².